The summed E-state index contributed by atoms with van der Waals surface area (Å²) in [4.78, 5) is 24.9. The van der Waals surface area contributed by atoms with E-state index < -0.39 is 36.2 Å². The number of aromatic nitrogens is 2. The molecule has 5 aliphatic rings. The van der Waals surface area contributed by atoms with Crippen molar-refractivity contribution in [1.82, 2.24) is 9.97 Å². The van der Waals surface area contributed by atoms with E-state index in [0.717, 1.165) is 60.9 Å². The highest BCUT2D eigenvalue weighted by Gasteiger charge is 2.45. The predicted octanol–water partition coefficient (Wildman–Crippen LogP) is 9.79. The van der Waals surface area contributed by atoms with Crippen LogP contribution in [0.5, 0.6) is 0 Å². The summed E-state index contributed by atoms with van der Waals surface area (Å²) in [5.41, 5.74) is 4.14. The van der Waals surface area contributed by atoms with Gasteiger partial charge in [0.1, 0.15) is 36.1 Å². The zero-order valence-electron chi connectivity index (χ0n) is 40.4. The van der Waals surface area contributed by atoms with Gasteiger partial charge in [0, 0.05) is 51.4 Å². The van der Waals surface area contributed by atoms with Gasteiger partial charge < -0.3 is 52.2 Å². The molecule has 7 rings (SSSR count). The Balaban J connectivity index is 1.06. The minimum Gasteiger partial charge on any atom is -0.458 e. The Morgan fingerprint density at radius 2 is 1.81 bits per heavy atom. The number of ether oxygens (including phenoxy) is 7. The molecule has 0 unspecified atom stereocenters. The molecule has 0 saturated carbocycles. The normalized spacial score (nSPS) is 35.4. The molecule has 2 N–H and O–H groups in total. The monoisotopic (exact) mass is 1010 g/mol. The lowest BCUT2D eigenvalue weighted by molar-refractivity contribution is -0.286. The molecule has 4 fully saturated rings. The van der Waals surface area contributed by atoms with Crippen LogP contribution in [0.25, 0.3) is 12.2 Å². The molecule has 4 saturated heterocycles. The van der Waals surface area contributed by atoms with Crippen molar-refractivity contribution >= 4 is 34.1 Å². The van der Waals surface area contributed by atoms with Crippen LogP contribution in [0.3, 0.4) is 0 Å². The summed E-state index contributed by atoms with van der Waals surface area (Å²) in [7, 11) is 3.23. The molecule has 372 valence electrons. The first kappa shape index (κ1) is 52.1. The van der Waals surface area contributed by atoms with Crippen molar-refractivity contribution in [2.75, 3.05) is 14.2 Å². The molecular weight excluding hydrogens is 936 g/mol. The van der Waals surface area contributed by atoms with Gasteiger partial charge in [-0.25, -0.2) is 14.8 Å². The van der Waals surface area contributed by atoms with Crippen LogP contribution in [0.15, 0.2) is 92.2 Å². The third-order valence-corrected chi connectivity index (χ3v) is 14.2. The van der Waals surface area contributed by atoms with Crippen molar-refractivity contribution in [3.8, 4) is 0 Å². The van der Waals surface area contributed by atoms with Crippen molar-refractivity contribution in [1.29, 1.82) is 0 Å². The maximum atomic E-state index is 13.5. The zero-order valence-corrected chi connectivity index (χ0v) is 42.0. The molecule has 2 aromatic rings. The number of carbonyl (C=O) groups is 1. The average molecular weight is 1010 g/mol. The molecule has 7 heterocycles. The van der Waals surface area contributed by atoms with Crippen molar-refractivity contribution in [3.63, 3.8) is 0 Å². The van der Waals surface area contributed by atoms with Gasteiger partial charge in [-0.15, -0.1) is 0 Å². The fourth-order valence-corrected chi connectivity index (χ4v) is 10.5. The lowest BCUT2D eigenvalue weighted by atomic mass is 9.79. The second-order valence-electron chi connectivity index (χ2n) is 19.3. The minimum atomic E-state index is -1.72. The third kappa shape index (κ3) is 14.2. The lowest BCUT2D eigenvalue weighted by Gasteiger charge is -2.44. The topological polar surface area (TPSA) is 174 Å². The molecule has 8 bridgehead atoms. The van der Waals surface area contributed by atoms with Gasteiger partial charge in [-0.2, -0.15) is 0 Å². The largest absolute Gasteiger partial charge is 0.458 e. The van der Waals surface area contributed by atoms with Crippen molar-refractivity contribution in [2.24, 2.45) is 11.8 Å². The third-order valence-electron chi connectivity index (χ3n) is 13.8. The number of esters is 1. The van der Waals surface area contributed by atoms with E-state index in [0.29, 0.717) is 37.3 Å². The zero-order chi connectivity index (χ0) is 48.4. The minimum absolute atomic E-state index is 0.00422. The van der Waals surface area contributed by atoms with Gasteiger partial charge in [-0.3, -0.25) is 0 Å². The number of allylic oxidation sites excluding steroid dienone is 2. The first-order valence-electron chi connectivity index (χ1n) is 24.2. The Morgan fingerprint density at radius 1 is 1.00 bits per heavy atom. The standard InChI is InChI=1S/C53H71BrN2O12/c1-32(19-20-38(60-6)14-11-21-54)24-44(57)47-27-42(61-7)28-53(59,68-47)29-49-55-37(30-62-49)25-34(3)51-36(5)52-35(4)45(66-51)15-10-17-48-56-43(31-63-48)46-16-8-12-40(65-46)26-41-23-33(2)22-39(64-41)13-9-18-50(58)67-52/h9-11,17-21,24-25,30-31,35-36,38-42,44-47,51-52,57,59H,2,8,12-16,22-23,26-29H2,1,3-7H3/b17-10+,18-9-,20-19+,21-11+,32-24+,34-25+/t35-,36-,38+,39-,40-,41+,42+,44+,45+,46+,47+,51-,52-,53-/m0/s1. The van der Waals surface area contributed by atoms with Crippen LogP contribution in [0.2, 0.25) is 0 Å². The number of carbonyl (C=O) groups excluding carboxylic acids is 1. The number of methoxy groups -OCH3 is 2. The quantitative estimate of drug-likeness (QED) is 0.117. The summed E-state index contributed by atoms with van der Waals surface area (Å²) in [6.07, 6.45) is 23.6. The molecule has 0 amide bonds. The van der Waals surface area contributed by atoms with E-state index in [1.807, 2.05) is 63.3 Å². The first-order valence-corrected chi connectivity index (χ1v) is 25.1. The van der Waals surface area contributed by atoms with Crippen LogP contribution >= 0.6 is 15.9 Å². The number of nitrogens with zero attached hydrogens (tertiary/aromatic N) is 2. The molecule has 68 heavy (non-hydrogen) atoms. The maximum Gasteiger partial charge on any atom is 0.330 e. The Hall–Kier alpha value is -3.77. The molecule has 0 aromatic carbocycles. The van der Waals surface area contributed by atoms with Crippen LogP contribution in [0.1, 0.15) is 128 Å². The van der Waals surface area contributed by atoms with Crippen LogP contribution in [-0.4, -0.2) is 107 Å². The number of hydrogen-bond donors (Lipinski definition) is 2. The number of oxazole rings is 2. The fraction of sp³-hybridized carbons (Fsp3) is 0.604. The van der Waals surface area contributed by atoms with E-state index in [2.05, 4.69) is 29.4 Å². The van der Waals surface area contributed by atoms with Crippen molar-refractivity contribution in [3.05, 3.63) is 107 Å². The number of aliphatic hydroxyl groups is 2. The van der Waals surface area contributed by atoms with Crippen LogP contribution in [0.4, 0.5) is 0 Å². The summed E-state index contributed by atoms with van der Waals surface area (Å²) < 4.78 is 55.5. The first-order chi connectivity index (χ1) is 32.7. The Kier molecular flexibility index (Phi) is 18.7. The van der Waals surface area contributed by atoms with Crippen LogP contribution in [-0.2, 0) is 44.4 Å². The highest BCUT2D eigenvalue weighted by Crippen LogP contribution is 2.40. The van der Waals surface area contributed by atoms with Gasteiger partial charge in [0.2, 0.25) is 5.89 Å². The van der Waals surface area contributed by atoms with Gasteiger partial charge in [-0.05, 0) is 87.9 Å². The van der Waals surface area contributed by atoms with E-state index in [4.69, 9.17) is 52.0 Å². The number of halogens is 1. The number of hydrogen-bond acceptors (Lipinski definition) is 14. The van der Waals surface area contributed by atoms with Gasteiger partial charge in [-0.1, -0.05) is 84.0 Å². The smallest absolute Gasteiger partial charge is 0.330 e. The highest BCUT2D eigenvalue weighted by atomic mass is 79.9. The fourth-order valence-electron chi connectivity index (χ4n) is 10.3. The van der Waals surface area contributed by atoms with Gasteiger partial charge in [0.05, 0.1) is 61.4 Å². The molecule has 0 aliphatic carbocycles. The SMILES string of the molecule is C=C1C[C@@H]2C[C@@H]3CCC[C@@H](O3)c3coc(n3)/C=C/C[C@H]3O[C@@H](/C(C)=C/c4coc(C[C@]5(O)C[C@H](OC)C[C@H]([C@H](O)/C=C(C)/C=C/[C@@H](C/C=C/Br)OC)O5)n4)[C@H](C)[C@@H](OC(=O)/C=C\C[C@@H](C1)O2)[C@H]3C. The van der Waals surface area contributed by atoms with Gasteiger partial charge in [0.25, 0.3) is 0 Å². The number of rotatable bonds is 12. The molecule has 14 nitrogen and oxygen atoms in total. The Labute approximate surface area is 409 Å². The molecular formula is C53H71BrN2O12. The highest BCUT2D eigenvalue weighted by molar-refractivity contribution is 9.11. The van der Waals surface area contributed by atoms with E-state index in [9.17, 15) is 15.0 Å². The second kappa shape index (κ2) is 24.4. The summed E-state index contributed by atoms with van der Waals surface area (Å²) in [5, 5.41) is 23.1. The number of fused-ring (bicyclic) bond motifs is 9. The Morgan fingerprint density at radius 3 is 2.60 bits per heavy atom. The summed E-state index contributed by atoms with van der Waals surface area (Å²) in [6, 6.07) is 0. The predicted molar refractivity (Wildman–Crippen MR) is 260 cm³/mol. The molecule has 15 heteroatoms. The summed E-state index contributed by atoms with van der Waals surface area (Å²) >= 11 is 3.29. The van der Waals surface area contributed by atoms with E-state index >= 15 is 0 Å². The molecule has 0 spiro atoms. The molecule has 14 atom stereocenters. The van der Waals surface area contributed by atoms with Crippen molar-refractivity contribution in [2.45, 2.75) is 178 Å². The van der Waals surface area contributed by atoms with Crippen molar-refractivity contribution < 1.29 is 57.0 Å². The van der Waals surface area contributed by atoms with Crippen LogP contribution < -0.4 is 0 Å². The molecule has 5 aliphatic heterocycles. The van der Waals surface area contributed by atoms with E-state index in [1.165, 1.54) is 12.3 Å². The molecule has 2 aromatic heterocycles. The Bertz CT molecular complexity index is 2170. The summed E-state index contributed by atoms with van der Waals surface area (Å²) in [6.45, 7) is 12.3. The van der Waals surface area contributed by atoms with Gasteiger partial charge in [0.15, 0.2) is 11.7 Å². The number of aliphatic hydroxyl groups excluding tert-OH is 1. The molecule has 0 radical (unpaired) electrons. The maximum absolute atomic E-state index is 13.5. The van der Waals surface area contributed by atoms with E-state index in [1.54, 1.807) is 31.5 Å². The van der Waals surface area contributed by atoms with E-state index in [-0.39, 0.29) is 73.3 Å². The lowest BCUT2D eigenvalue weighted by Crippen LogP contribution is -2.51. The average Bonchev–Trinajstić information content (AvgIpc) is 3.97. The van der Waals surface area contributed by atoms with Gasteiger partial charge >= 0.3 is 5.97 Å². The van der Waals surface area contributed by atoms with Crippen LogP contribution in [0, 0.1) is 11.8 Å². The second-order valence-corrected chi connectivity index (χ2v) is 19.8. The summed E-state index contributed by atoms with van der Waals surface area (Å²) in [5.74, 6) is -1.76.